The predicted octanol–water partition coefficient (Wildman–Crippen LogP) is 2.88. The molecule has 0 saturated heterocycles. The molecule has 0 aromatic rings. The molecule has 0 N–H and O–H groups in total. The van der Waals surface area contributed by atoms with Gasteiger partial charge in [-0.3, -0.25) is 4.79 Å². The zero-order valence-corrected chi connectivity index (χ0v) is 10.4. The smallest absolute Gasteiger partial charge is 0.453 e. The molecule has 0 aliphatic rings. The molecule has 0 aromatic carbocycles. The van der Waals surface area contributed by atoms with Crippen LogP contribution in [0, 0.1) is 5.92 Å². The first-order valence-corrected chi connectivity index (χ1v) is 5.32. The highest BCUT2D eigenvalue weighted by molar-refractivity contribution is 5.82. The van der Waals surface area contributed by atoms with Gasteiger partial charge in [-0.15, -0.1) is 0 Å². The second-order valence-corrected chi connectivity index (χ2v) is 4.60. The Bertz CT molecular complexity index is 295. The number of carbonyl (C=O) groups excluding carboxylic acids is 2. The minimum atomic E-state index is -5.03. The third-order valence-corrected chi connectivity index (χ3v) is 2.36. The minimum absolute atomic E-state index is 0.215. The third-order valence-electron chi connectivity index (χ3n) is 2.36. The third kappa shape index (κ3) is 5.70. The van der Waals surface area contributed by atoms with Gasteiger partial charge in [-0.25, -0.2) is 4.79 Å². The molecule has 6 heteroatoms. The summed E-state index contributed by atoms with van der Waals surface area (Å²) in [6.45, 7) is 6.06. The van der Waals surface area contributed by atoms with Crippen LogP contribution >= 0.6 is 0 Å². The highest BCUT2D eigenvalue weighted by Gasteiger charge is 2.44. The van der Waals surface area contributed by atoms with Crippen LogP contribution in [0.1, 0.15) is 40.5 Å². The van der Waals surface area contributed by atoms with Crippen molar-refractivity contribution in [3.8, 4) is 0 Å². The van der Waals surface area contributed by atoms with Crippen LogP contribution in [0.2, 0.25) is 0 Å². The molecule has 0 spiro atoms. The largest absolute Gasteiger partial charge is 0.490 e. The van der Waals surface area contributed by atoms with Gasteiger partial charge in [0.25, 0.3) is 0 Å². The highest BCUT2D eigenvalue weighted by Crippen LogP contribution is 2.24. The number of rotatable bonds is 5. The fourth-order valence-corrected chi connectivity index (χ4v) is 1.17. The number of halogens is 3. The summed E-state index contributed by atoms with van der Waals surface area (Å²) >= 11 is 0. The summed E-state index contributed by atoms with van der Waals surface area (Å²) in [5, 5.41) is 0. The first-order valence-electron chi connectivity index (χ1n) is 5.32. The second kappa shape index (κ2) is 5.51. The molecule has 100 valence electrons. The lowest BCUT2D eigenvalue weighted by molar-refractivity contribution is -0.211. The van der Waals surface area contributed by atoms with Crippen molar-refractivity contribution in [2.45, 2.75) is 52.3 Å². The van der Waals surface area contributed by atoms with E-state index in [-0.39, 0.29) is 18.1 Å². The predicted molar refractivity (Wildman–Crippen MR) is 55.3 cm³/mol. The van der Waals surface area contributed by atoms with E-state index in [9.17, 15) is 22.8 Å². The minimum Gasteiger partial charge on any atom is -0.453 e. The van der Waals surface area contributed by atoms with Crippen LogP contribution in [-0.4, -0.2) is 23.5 Å². The van der Waals surface area contributed by atoms with Crippen LogP contribution < -0.4 is 0 Å². The van der Waals surface area contributed by atoms with Crippen LogP contribution in [0.25, 0.3) is 0 Å². The summed E-state index contributed by atoms with van der Waals surface area (Å²) in [5.41, 5.74) is -1.44. The first-order chi connectivity index (χ1) is 7.49. The van der Waals surface area contributed by atoms with E-state index in [1.807, 2.05) is 0 Å². The summed E-state index contributed by atoms with van der Waals surface area (Å²) in [5.74, 6) is -2.73. The molecule has 3 nitrogen and oxygen atoms in total. The number of alkyl halides is 3. The fraction of sp³-hybridized carbons (Fsp3) is 0.818. The molecule has 0 radical (unpaired) electrons. The molecule has 1 unspecified atom stereocenters. The normalized spacial score (nSPS) is 14.3. The van der Waals surface area contributed by atoms with Gasteiger partial charge in [0.1, 0.15) is 11.4 Å². The topological polar surface area (TPSA) is 43.4 Å². The molecule has 0 aromatic heterocycles. The van der Waals surface area contributed by atoms with Gasteiger partial charge in [-0.1, -0.05) is 13.8 Å². The van der Waals surface area contributed by atoms with Crippen molar-refractivity contribution in [2.24, 2.45) is 5.92 Å². The molecular formula is C11H17F3O3. The van der Waals surface area contributed by atoms with E-state index in [2.05, 4.69) is 4.74 Å². The van der Waals surface area contributed by atoms with Crippen molar-refractivity contribution in [2.75, 3.05) is 0 Å². The van der Waals surface area contributed by atoms with E-state index >= 15 is 0 Å². The molecule has 0 amide bonds. The lowest BCUT2D eigenvalue weighted by Crippen LogP contribution is -2.38. The molecule has 0 bridgehead atoms. The Morgan fingerprint density at radius 2 is 1.71 bits per heavy atom. The van der Waals surface area contributed by atoms with Gasteiger partial charge in [0.15, 0.2) is 0 Å². The van der Waals surface area contributed by atoms with E-state index in [0.717, 1.165) is 0 Å². The van der Waals surface area contributed by atoms with E-state index in [1.54, 1.807) is 13.8 Å². The van der Waals surface area contributed by atoms with Gasteiger partial charge >= 0.3 is 12.1 Å². The van der Waals surface area contributed by atoms with Crippen molar-refractivity contribution in [3.05, 3.63) is 0 Å². The fourth-order valence-electron chi connectivity index (χ4n) is 1.17. The Morgan fingerprint density at radius 3 is 2.06 bits per heavy atom. The van der Waals surface area contributed by atoms with E-state index in [4.69, 9.17) is 0 Å². The Balaban J connectivity index is 4.50. The molecule has 0 aliphatic heterocycles. The Kier molecular flexibility index (Phi) is 5.16. The van der Waals surface area contributed by atoms with Crippen molar-refractivity contribution < 1.29 is 27.5 Å². The number of esters is 1. The van der Waals surface area contributed by atoms with Gasteiger partial charge in [0.2, 0.25) is 0 Å². The summed E-state index contributed by atoms with van der Waals surface area (Å²) in [4.78, 5) is 22.2. The number of hydrogen-bond donors (Lipinski definition) is 0. The van der Waals surface area contributed by atoms with Crippen LogP contribution in [0.3, 0.4) is 0 Å². The van der Waals surface area contributed by atoms with E-state index in [0.29, 0.717) is 6.42 Å². The summed E-state index contributed by atoms with van der Waals surface area (Å²) in [6, 6.07) is 0. The maximum Gasteiger partial charge on any atom is 0.490 e. The molecule has 0 rings (SSSR count). The number of hydrogen-bond acceptors (Lipinski definition) is 3. The highest BCUT2D eigenvalue weighted by atomic mass is 19.4. The van der Waals surface area contributed by atoms with Crippen LogP contribution in [0.5, 0.6) is 0 Å². The Labute approximate surface area is 98.3 Å². The summed E-state index contributed by atoms with van der Waals surface area (Å²) in [6.07, 6.45) is -4.65. The SMILES string of the molecule is CCC(C)C(=O)CC(C)(C)OC(=O)C(F)(F)F. The lowest BCUT2D eigenvalue weighted by Gasteiger charge is -2.26. The maximum absolute atomic E-state index is 12.0. The van der Waals surface area contributed by atoms with Gasteiger partial charge in [0.05, 0.1) is 0 Å². The lowest BCUT2D eigenvalue weighted by atomic mass is 9.93. The average molecular weight is 254 g/mol. The average Bonchev–Trinajstić information content (AvgIpc) is 2.13. The molecule has 0 aliphatic carbocycles. The van der Waals surface area contributed by atoms with Crippen molar-refractivity contribution in [1.29, 1.82) is 0 Å². The van der Waals surface area contributed by atoms with Crippen LogP contribution in [0.15, 0.2) is 0 Å². The van der Waals surface area contributed by atoms with Crippen molar-refractivity contribution in [1.82, 2.24) is 0 Å². The molecular weight excluding hydrogens is 237 g/mol. The zero-order valence-electron chi connectivity index (χ0n) is 10.4. The van der Waals surface area contributed by atoms with Crippen molar-refractivity contribution >= 4 is 11.8 Å². The molecule has 17 heavy (non-hydrogen) atoms. The Hall–Kier alpha value is -1.07. The molecule has 0 heterocycles. The van der Waals surface area contributed by atoms with E-state index in [1.165, 1.54) is 13.8 Å². The van der Waals surface area contributed by atoms with Crippen LogP contribution in [0.4, 0.5) is 13.2 Å². The number of carbonyl (C=O) groups is 2. The van der Waals surface area contributed by atoms with Gasteiger partial charge in [0, 0.05) is 12.3 Å². The number of ether oxygens (including phenoxy) is 1. The first kappa shape index (κ1) is 15.9. The molecule has 0 fully saturated rings. The monoisotopic (exact) mass is 254 g/mol. The van der Waals surface area contributed by atoms with Gasteiger partial charge < -0.3 is 4.74 Å². The number of Topliss-reactive ketones (excluding diaryl/α,β-unsaturated/α-hetero) is 1. The Morgan fingerprint density at radius 1 is 1.24 bits per heavy atom. The second-order valence-electron chi connectivity index (χ2n) is 4.60. The summed E-state index contributed by atoms with van der Waals surface area (Å²) in [7, 11) is 0. The van der Waals surface area contributed by atoms with Gasteiger partial charge in [-0.05, 0) is 20.3 Å². The van der Waals surface area contributed by atoms with Crippen molar-refractivity contribution in [3.63, 3.8) is 0 Å². The van der Waals surface area contributed by atoms with E-state index < -0.39 is 17.7 Å². The summed E-state index contributed by atoms with van der Waals surface area (Å²) < 4.78 is 40.2. The van der Waals surface area contributed by atoms with Crippen LogP contribution in [-0.2, 0) is 14.3 Å². The van der Waals surface area contributed by atoms with Gasteiger partial charge in [-0.2, -0.15) is 13.2 Å². The maximum atomic E-state index is 12.0. The standard InChI is InChI=1S/C11H17F3O3/c1-5-7(2)8(15)6-10(3,4)17-9(16)11(12,13)14/h7H,5-6H2,1-4H3. The molecule has 1 atom stereocenters. The molecule has 0 saturated carbocycles. The zero-order chi connectivity index (χ0) is 13.9. The quantitative estimate of drug-likeness (QED) is 0.708. The number of ketones is 1.